The molecule has 578 valence electrons. The van der Waals surface area contributed by atoms with Gasteiger partial charge in [0.1, 0.15) is 11.2 Å². The van der Waals surface area contributed by atoms with E-state index in [4.69, 9.17) is 47.0 Å². The van der Waals surface area contributed by atoms with Gasteiger partial charge >= 0.3 is 40.2 Å². The van der Waals surface area contributed by atoms with Crippen LogP contribution in [0, 0.1) is 63.9 Å². The van der Waals surface area contributed by atoms with E-state index in [1.165, 1.54) is 5.39 Å². The molecular formula is C110H78Ir2N6O2. The van der Waals surface area contributed by atoms with Gasteiger partial charge in [-0.2, -0.15) is 121 Å². The number of furan rings is 2. The molecule has 2 unspecified atom stereocenters. The van der Waals surface area contributed by atoms with E-state index in [0.717, 1.165) is 126 Å². The van der Waals surface area contributed by atoms with Gasteiger partial charge in [0.25, 0.3) is 0 Å². The van der Waals surface area contributed by atoms with Crippen molar-refractivity contribution in [1.29, 1.82) is 0 Å². The zero-order valence-corrected chi connectivity index (χ0v) is 71.1. The Morgan fingerprint density at radius 1 is 0.283 bits per heavy atom. The summed E-state index contributed by atoms with van der Waals surface area (Å²) in [7, 11) is 0. The van der Waals surface area contributed by atoms with Crippen molar-refractivity contribution >= 4 is 97.7 Å². The number of nitrogens with zero attached hydrogens (tertiary/aromatic N) is 6. The van der Waals surface area contributed by atoms with E-state index in [9.17, 15) is 0 Å². The second-order valence-corrected chi connectivity index (χ2v) is 31.1. The van der Waals surface area contributed by atoms with E-state index < -0.39 is 35.4 Å². The molecule has 21 aromatic rings. The molecule has 21 rings (SSSR count). The van der Waals surface area contributed by atoms with Gasteiger partial charge in [0.05, 0.1) is 44.8 Å². The third-order valence-corrected chi connectivity index (χ3v) is 24.4. The minimum Gasteiger partial charge on any atom is -0.500 e. The van der Waals surface area contributed by atoms with Crippen molar-refractivity contribution in [3.63, 3.8) is 0 Å². The van der Waals surface area contributed by atoms with Crippen LogP contribution in [0.2, 0.25) is 0 Å². The van der Waals surface area contributed by atoms with Gasteiger partial charge in [-0.3, -0.25) is 29.9 Å². The van der Waals surface area contributed by atoms with Crippen LogP contribution in [-0.2, 0) is 61.9 Å². The Hall–Kier alpha value is -13.0. The third-order valence-electron chi connectivity index (χ3n) is 24.4. The van der Waals surface area contributed by atoms with Gasteiger partial charge < -0.3 is 8.83 Å². The van der Waals surface area contributed by atoms with Crippen LogP contribution in [-0.4, -0.2) is 29.9 Å². The molecule has 0 amide bonds. The van der Waals surface area contributed by atoms with Gasteiger partial charge in [-0.25, -0.2) is 0 Å². The number of pyridine rings is 6. The Kier molecular flexibility index (Phi) is 18.6. The van der Waals surface area contributed by atoms with Gasteiger partial charge in [-0.15, -0.1) is 57.6 Å². The number of rotatable bonds is 14. The normalized spacial score (nSPS) is 14.6. The molecule has 4 atom stereocenters. The average molecular weight is 1910 g/mol. The maximum Gasteiger partial charge on any atom is 3.00 e. The topological polar surface area (TPSA) is 104 Å². The zero-order valence-electron chi connectivity index (χ0n) is 72.3. The standard InChI is InChI=1S/C57H40N3O.C53H38N3O.2Ir/c1-36-33-49(60-55(37(36)2)57(4,39-21-9-6-10-22-39)51-28-16-18-32-59-51)48-35-40(56(3,38-19-7-5-8-20-38)50-27-15-17-31-58-50)34-47-46-30-29-45-43-25-12-11-23-41(43)42-24-13-14-26-44(42)52(45)54(46)61-53(47)48;1-34-31-45(56-51(35(34)2)53(4,37-21-9-6-10-22-37)47-28-16-18-30-55-47)43-32-38(52(3,36-19-7-5-8-20-36)46-27-15-17-29-54-46)33-44-48-41-25-13-11-23-39(41)40-24-12-14-26-42(40)50(48)57-49(43)44;;/h5-19,21,23-34H,1-4H3;5-19,21,23-31,33H,1-4H3;;/q2*-3;2*+3/t56?,57-;52?,53-;;/m11../s1/i2*2D3;;. The Morgan fingerprint density at radius 3 is 0.942 bits per heavy atom. The fourth-order valence-corrected chi connectivity index (χ4v) is 18.0. The van der Waals surface area contributed by atoms with E-state index in [1.54, 1.807) is 12.4 Å². The fourth-order valence-electron chi connectivity index (χ4n) is 18.0. The monoisotopic (exact) mass is 1910 g/mol. The van der Waals surface area contributed by atoms with Crippen molar-refractivity contribution in [2.45, 2.75) is 76.9 Å². The van der Waals surface area contributed by atoms with E-state index >= 15 is 0 Å². The van der Waals surface area contributed by atoms with E-state index in [2.05, 4.69) is 178 Å². The molecule has 8 aromatic heterocycles. The molecule has 0 aliphatic rings. The number of benzene rings is 13. The minimum absolute atomic E-state index is 0. The first-order valence-electron chi connectivity index (χ1n) is 42.6. The maximum absolute atomic E-state index is 8.97. The Bertz CT molecular complexity index is 7530. The van der Waals surface area contributed by atoms with E-state index in [-0.39, 0.29) is 51.3 Å². The van der Waals surface area contributed by atoms with Crippen molar-refractivity contribution in [2.75, 3.05) is 0 Å². The molecule has 0 spiro atoms. The largest absolute Gasteiger partial charge is 3.00 e. The van der Waals surface area contributed by atoms with Gasteiger partial charge in [-0.1, -0.05) is 179 Å². The quantitative estimate of drug-likeness (QED) is 0.0783. The molecule has 10 heteroatoms. The zero-order chi connectivity index (χ0) is 85.0. The van der Waals surface area contributed by atoms with Gasteiger partial charge in [0.2, 0.25) is 0 Å². The van der Waals surface area contributed by atoms with Crippen molar-refractivity contribution < 1.29 is 57.3 Å². The van der Waals surface area contributed by atoms with Crippen LogP contribution in [0.1, 0.15) is 126 Å². The van der Waals surface area contributed by atoms with Crippen molar-refractivity contribution in [2.24, 2.45) is 0 Å². The van der Waals surface area contributed by atoms with Gasteiger partial charge in [-0.05, 0) is 169 Å². The molecule has 0 radical (unpaired) electrons. The number of aryl methyl sites for hydroxylation is 2. The summed E-state index contributed by atoms with van der Waals surface area (Å²) in [6, 6.07) is 122. The number of hydrogen-bond donors (Lipinski definition) is 0. The van der Waals surface area contributed by atoms with Gasteiger partial charge in [0.15, 0.2) is 0 Å². The Balaban J connectivity index is 0.000000169. The average Bonchev–Trinajstić information content (AvgIpc) is 1.40. The minimum atomic E-state index is -2.51. The fraction of sp³-hybridized carbons (Fsp3) is 0.109. The summed E-state index contributed by atoms with van der Waals surface area (Å²) in [4.78, 5) is 30.5. The first kappa shape index (κ1) is 71.1. The number of aromatic nitrogens is 6. The smallest absolute Gasteiger partial charge is 0.500 e. The SMILES string of the molecule is [2H]C([2H])([2H])c1c(C)cc(-c2[c-]c(C(C)(c3[c-]cccc3)c3ccccn3)cc3c2oc2c3ccc3c4ccccc4c4ccccc4c32)nc1[C@](C)(c1[c-]cccc1)c1ccccn1.[2H]C([2H])([2H])c1c(C)cc(-c2[c-]c(C(C)(c3[c-]cccc3)c3ccccn3)cc3c2oc2c4ccccc4c4ccccc4c32)nc1[C@](C)(c1[c-]cccc1)c1ccccn1.[Ir+3].[Ir+3]. The second-order valence-electron chi connectivity index (χ2n) is 31.1. The molecule has 0 aliphatic carbocycles. The van der Waals surface area contributed by atoms with E-state index in [1.807, 2.05) is 216 Å². The molecule has 0 bridgehead atoms. The second kappa shape index (κ2) is 31.4. The molecule has 0 N–H and O–H groups in total. The summed E-state index contributed by atoms with van der Waals surface area (Å²) < 4.78 is 68.1. The molecule has 0 saturated heterocycles. The summed E-state index contributed by atoms with van der Waals surface area (Å²) >= 11 is 0. The molecule has 13 aromatic carbocycles. The summed E-state index contributed by atoms with van der Waals surface area (Å²) in [6.07, 6.45) is 7.08. The molecule has 0 saturated carbocycles. The predicted octanol–water partition coefficient (Wildman–Crippen LogP) is 26.1. The van der Waals surface area contributed by atoms with Crippen LogP contribution in [0.3, 0.4) is 0 Å². The van der Waals surface area contributed by atoms with Crippen LogP contribution in [0.25, 0.3) is 120 Å². The summed E-state index contributed by atoms with van der Waals surface area (Å²) in [6.45, 7) is 6.97. The Morgan fingerprint density at radius 2 is 0.575 bits per heavy atom. The molecular weight excluding hydrogens is 1820 g/mol. The van der Waals surface area contributed by atoms with Crippen LogP contribution >= 0.6 is 0 Å². The van der Waals surface area contributed by atoms with Gasteiger partial charge in [0, 0.05) is 76.8 Å². The van der Waals surface area contributed by atoms with Crippen molar-refractivity contribution in [1.82, 2.24) is 29.9 Å². The van der Waals surface area contributed by atoms with Crippen LogP contribution < -0.4 is 0 Å². The maximum atomic E-state index is 8.97. The van der Waals surface area contributed by atoms with Crippen LogP contribution in [0.15, 0.2) is 337 Å². The van der Waals surface area contributed by atoms with Crippen molar-refractivity contribution in [3.05, 3.63) is 454 Å². The molecule has 8 nitrogen and oxygen atoms in total. The molecule has 8 heterocycles. The molecule has 120 heavy (non-hydrogen) atoms. The number of fused-ring (bicyclic) bond motifs is 18. The van der Waals surface area contributed by atoms with E-state index in [0.29, 0.717) is 67.6 Å². The molecule has 0 fully saturated rings. The number of hydrogen-bond acceptors (Lipinski definition) is 8. The Labute approximate surface area is 733 Å². The summed E-state index contributed by atoms with van der Waals surface area (Å²) in [5.74, 6) is 0. The van der Waals surface area contributed by atoms with Crippen LogP contribution in [0.5, 0.6) is 0 Å². The summed E-state index contributed by atoms with van der Waals surface area (Å²) in [5.41, 5.74) is 11.1. The first-order chi connectivity index (χ1) is 60.1. The first-order valence-corrected chi connectivity index (χ1v) is 39.6. The molecule has 0 aliphatic heterocycles. The summed E-state index contributed by atoms with van der Waals surface area (Å²) in [5, 5.41) is 14.6. The predicted molar refractivity (Wildman–Crippen MR) is 478 cm³/mol. The van der Waals surface area contributed by atoms with Crippen LogP contribution in [0.4, 0.5) is 0 Å². The van der Waals surface area contributed by atoms with Crippen molar-refractivity contribution in [3.8, 4) is 22.5 Å². The third kappa shape index (κ3) is 12.6.